The van der Waals surface area contributed by atoms with E-state index in [4.69, 9.17) is 14.5 Å². The van der Waals surface area contributed by atoms with Gasteiger partial charge < -0.3 is 9.47 Å². The summed E-state index contributed by atoms with van der Waals surface area (Å²) in [6.07, 6.45) is 7.56. The van der Waals surface area contributed by atoms with E-state index in [1.807, 2.05) is 0 Å². The van der Waals surface area contributed by atoms with Gasteiger partial charge in [0.15, 0.2) is 5.65 Å². The lowest BCUT2D eigenvalue weighted by Gasteiger charge is -2.51. The first-order valence-electron chi connectivity index (χ1n) is 12.4. The number of nitrogens with zero attached hydrogens (tertiary/aromatic N) is 3. The molecule has 4 heterocycles. The van der Waals surface area contributed by atoms with E-state index >= 15 is 0 Å². The van der Waals surface area contributed by atoms with Crippen LogP contribution in [0, 0.1) is 31.4 Å². The Labute approximate surface area is 202 Å². The number of rotatable bonds is 3. The summed E-state index contributed by atoms with van der Waals surface area (Å²) in [7, 11) is 0. The van der Waals surface area contributed by atoms with E-state index in [-0.39, 0.29) is 40.1 Å². The van der Waals surface area contributed by atoms with E-state index in [1.165, 1.54) is 16.5 Å². The summed E-state index contributed by atoms with van der Waals surface area (Å²) in [4.78, 5) is 22.8. The third-order valence-corrected chi connectivity index (χ3v) is 8.19. The topological polar surface area (TPSA) is 65.7 Å². The van der Waals surface area contributed by atoms with E-state index < -0.39 is 11.6 Å². The van der Waals surface area contributed by atoms with E-state index in [2.05, 4.69) is 4.98 Å². The molecule has 8 heteroatoms. The first kappa shape index (κ1) is 22.7. The number of halogens is 2. The molecule has 3 aromatic rings. The smallest absolute Gasteiger partial charge is 0.261 e. The summed E-state index contributed by atoms with van der Waals surface area (Å²) >= 11 is 0. The van der Waals surface area contributed by atoms with Gasteiger partial charge in [0.25, 0.3) is 5.56 Å². The average Bonchev–Trinajstić information content (AvgIpc) is 3.36. The maximum Gasteiger partial charge on any atom is 0.261 e. The zero-order valence-corrected chi connectivity index (χ0v) is 20.0. The second-order valence-electron chi connectivity index (χ2n) is 10.4. The van der Waals surface area contributed by atoms with Crippen molar-refractivity contribution in [1.82, 2.24) is 14.4 Å². The van der Waals surface area contributed by atoms with Crippen molar-refractivity contribution in [2.24, 2.45) is 5.92 Å². The van der Waals surface area contributed by atoms with Crippen LogP contribution in [0.15, 0.2) is 29.2 Å². The molecule has 3 aliphatic rings. The van der Waals surface area contributed by atoms with Crippen LogP contribution in [0.5, 0.6) is 0 Å². The van der Waals surface area contributed by atoms with Gasteiger partial charge in [-0.25, -0.2) is 18.7 Å². The Balaban J connectivity index is 1.52. The second kappa shape index (κ2) is 8.45. The van der Waals surface area contributed by atoms with Crippen LogP contribution >= 0.6 is 0 Å². The van der Waals surface area contributed by atoms with Crippen molar-refractivity contribution >= 4 is 5.65 Å². The molecule has 0 radical (unpaired) electrons. The maximum atomic E-state index is 14.9. The molecule has 6 nitrogen and oxygen atoms in total. The number of ether oxygens (including phenoxy) is 2. The lowest BCUT2D eigenvalue weighted by atomic mass is 9.69. The first-order valence-corrected chi connectivity index (χ1v) is 12.4. The SMILES string of the molecule is Cc1nc2c(-c3ccc(F)cc3F)nc(C3CC(C4CCOC4)OC4(CCC4)C3)cn2c(=O)c1C. The molecule has 3 unspecified atom stereocenters. The van der Waals surface area contributed by atoms with Crippen LogP contribution < -0.4 is 5.56 Å². The van der Waals surface area contributed by atoms with E-state index in [0.29, 0.717) is 23.8 Å². The number of hydrogen-bond donors (Lipinski definition) is 0. The minimum Gasteiger partial charge on any atom is -0.381 e. The molecule has 2 aromatic heterocycles. The fraction of sp³-hybridized carbons (Fsp3) is 0.519. The van der Waals surface area contributed by atoms with Gasteiger partial charge in [-0.05, 0) is 64.5 Å². The zero-order valence-electron chi connectivity index (χ0n) is 20.0. The Morgan fingerprint density at radius 2 is 2.00 bits per heavy atom. The van der Waals surface area contributed by atoms with E-state index in [1.54, 1.807) is 20.0 Å². The third-order valence-electron chi connectivity index (χ3n) is 8.19. The molecule has 1 spiro atoms. The molecule has 0 amide bonds. The molecule has 1 aromatic carbocycles. The zero-order chi connectivity index (χ0) is 24.3. The van der Waals surface area contributed by atoms with Crippen LogP contribution in [-0.2, 0) is 9.47 Å². The van der Waals surface area contributed by atoms with Crippen LogP contribution in [0.1, 0.15) is 61.4 Å². The highest BCUT2D eigenvalue weighted by Crippen LogP contribution is 2.50. The van der Waals surface area contributed by atoms with Crippen molar-refractivity contribution in [3.8, 4) is 11.3 Å². The molecule has 3 fully saturated rings. The largest absolute Gasteiger partial charge is 0.381 e. The van der Waals surface area contributed by atoms with Crippen LogP contribution in [-0.4, -0.2) is 39.3 Å². The van der Waals surface area contributed by atoms with Crippen molar-refractivity contribution in [2.45, 2.75) is 70.0 Å². The highest BCUT2D eigenvalue weighted by molar-refractivity contribution is 5.74. The summed E-state index contributed by atoms with van der Waals surface area (Å²) in [5.74, 6) is -0.997. The molecule has 0 bridgehead atoms. The highest BCUT2D eigenvalue weighted by Gasteiger charge is 2.48. The van der Waals surface area contributed by atoms with Gasteiger partial charge in [-0.3, -0.25) is 9.20 Å². The quantitative estimate of drug-likeness (QED) is 0.534. The molecule has 1 aliphatic carbocycles. The van der Waals surface area contributed by atoms with Gasteiger partial charge >= 0.3 is 0 Å². The summed E-state index contributed by atoms with van der Waals surface area (Å²) < 4.78 is 42.4. The summed E-state index contributed by atoms with van der Waals surface area (Å²) in [5.41, 5.74) is 2.12. The van der Waals surface area contributed by atoms with Gasteiger partial charge in [0.1, 0.15) is 17.3 Å². The van der Waals surface area contributed by atoms with Crippen LogP contribution in [0.4, 0.5) is 8.78 Å². The first-order chi connectivity index (χ1) is 16.8. The fourth-order valence-electron chi connectivity index (χ4n) is 5.90. The predicted molar refractivity (Wildman–Crippen MR) is 126 cm³/mol. The van der Waals surface area contributed by atoms with Gasteiger partial charge in [-0.2, -0.15) is 0 Å². The lowest BCUT2D eigenvalue weighted by molar-refractivity contribution is -0.189. The molecule has 1 saturated carbocycles. The van der Waals surface area contributed by atoms with Gasteiger partial charge in [0, 0.05) is 47.5 Å². The molecule has 3 atom stereocenters. The summed E-state index contributed by atoms with van der Waals surface area (Å²) in [6, 6.07) is 3.41. The van der Waals surface area contributed by atoms with Crippen LogP contribution in [0.3, 0.4) is 0 Å². The predicted octanol–water partition coefficient (Wildman–Crippen LogP) is 4.87. The normalized spacial score (nSPS) is 25.8. The molecule has 184 valence electrons. The molecular formula is C27H29F2N3O3. The van der Waals surface area contributed by atoms with Gasteiger partial charge in [-0.15, -0.1) is 0 Å². The maximum absolute atomic E-state index is 14.9. The minimum absolute atomic E-state index is 0.0508. The molecule has 0 N–H and O–H groups in total. The monoisotopic (exact) mass is 481 g/mol. The highest BCUT2D eigenvalue weighted by atomic mass is 19.1. The average molecular weight is 482 g/mol. The third kappa shape index (κ3) is 3.87. The molecular weight excluding hydrogens is 452 g/mol. The van der Waals surface area contributed by atoms with Gasteiger partial charge in [0.2, 0.25) is 0 Å². The van der Waals surface area contributed by atoms with Crippen molar-refractivity contribution < 1.29 is 18.3 Å². The summed E-state index contributed by atoms with van der Waals surface area (Å²) in [6.45, 7) is 4.95. The Kier molecular flexibility index (Phi) is 5.49. The van der Waals surface area contributed by atoms with E-state index in [0.717, 1.165) is 56.9 Å². The molecule has 2 saturated heterocycles. The Hall–Kier alpha value is -2.71. The Bertz CT molecular complexity index is 1360. The van der Waals surface area contributed by atoms with Gasteiger partial charge in [0.05, 0.1) is 24.0 Å². The standard InChI is InChI=1S/C27H29F2N3O3/c1-15-16(2)30-25-24(20-5-4-19(28)11-21(20)29)31-22(13-32(25)26(15)33)18-10-23(17-6-9-34-14-17)35-27(12-18)7-3-8-27/h4-5,11,13,17-18,23H,3,6-10,12,14H2,1-2H3. The second-order valence-corrected chi connectivity index (χ2v) is 10.4. The number of hydrogen-bond acceptors (Lipinski definition) is 5. The fourth-order valence-corrected chi connectivity index (χ4v) is 5.90. The van der Waals surface area contributed by atoms with E-state index in [9.17, 15) is 13.6 Å². The van der Waals surface area contributed by atoms with Crippen molar-refractivity contribution in [3.05, 3.63) is 63.3 Å². The van der Waals surface area contributed by atoms with Gasteiger partial charge in [-0.1, -0.05) is 0 Å². The summed E-state index contributed by atoms with van der Waals surface area (Å²) in [5, 5.41) is 0. The van der Waals surface area contributed by atoms with Crippen molar-refractivity contribution in [1.29, 1.82) is 0 Å². The van der Waals surface area contributed by atoms with Crippen LogP contribution in [0.2, 0.25) is 0 Å². The molecule has 2 aliphatic heterocycles. The molecule has 6 rings (SSSR count). The number of aromatic nitrogens is 3. The van der Waals surface area contributed by atoms with Crippen molar-refractivity contribution in [3.63, 3.8) is 0 Å². The Morgan fingerprint density at radius 1 is 1.17 bits per heavy atom. The Morgan fingerprint density at radius 3 is 2.69 bits per heavy atom. The lowest BCUT2D eigenvalue weighted by Crippen LogP contribution is -2.50. The molecule has 35 heavy (non-hydrogen) atoms. The number of benzene rings is 1. The van der Waals surface area contributed by atoms with Crippen LogP contribution in [0.25, 0.3) is 16.9 Å². The number of fused-ring (bicyclic) bond motifs is 1. The van der Waals surface area contributed by atoms with Crippen molar-refractivity contribution in [2.75, 3.05) is 13.2 Å². The number of aryl methyl sites for hydroxylation is 1. The minimum atomic E-state index is -0.729.